The van der Waals surface area contributed by atoms with Gasteiger partial charge < -0.3 is 15.8 Å². The molecule has 4 heteroatoms. The second-order valence-corrected chi connectivity index (χ2v) is 6.99. The summed E-state index contributed by atoms with van der Waals surface area (Å²) in [6, 6.07) is 0.191. The molecule has 0 aliphatic heterocycles. The number of carbonyl (C=O) groups excluding carboxylic acids is 1. The minimum atomic E-state index is -0.436. The zero-order valence-electron chi connectivity index (χ0n) is 11.8. The van der Waals surface area contributed by atoms with Crippen LogP contribution in [0.1, 0.15) is 52.9 Å². The monoisotopic (exact) mass is 254 g/mol. The highest BCUT2D eigenvalue weighted by Crippen LogP contribution is 2.57. The minimum absolute atomic E-state index is 0.191. The van der Waals surface area contributed by atoms with E-state index in [4.69, 9.17) is 10.5 Å². The fourth-order valence-electron chi connectivity index (χ4n) is 3.03. The van der Waals surface area contributed by atoms with Gasteiger partial charge in [-0.2, -0.15) is 0 Å². The summed E-state index contributed by atoms with van der Waals surface area (Å²) in [5.41, 5.74) is 6.00. The topological polar surface area (TPSA) is 64.3 Å². The summed E-state index contributed by atoms with van der Waals surface area (Å²) in [6.07, 6.45) is 5.83. The van der Waals surface area contributed by atoms with Gasteiger partial charge in [-0.15, -0.1) is 0 Å². The standard InChI is InChI=1S/C14H26N2O2/c1-13(2,3)18-12(17)16-11-4-5-14(6-7-14)8-10(11)9-15/h10-11H,4-9,15H2,1-3H3,(H,16,17). The van der Waals surface area contributed by atoms with Crippen LogP contribution in [0.25, 0.3) is 0 Å². The van der Waals surface area contributed by atoms with Gasteiger partial charge in [-0.3, -0.25) is 0 Å². The first-order valence-corrected chi connectivity index (χ1v) is 7.03. The number of alkyl carbamates (subject to hydrolysis) is 1. The first-order valence-electron chi connectivity index (χ1n) is 7.03. The zero-order valence-corrected chi connectivity index (χ0v) is 11.8. The molecular formula is C14H26N2O2. The average molecular weight is 254 g/mol. The Morgan fingerprint density at radius 3 is 2.56 bits per heavy atom. The summed E-state index contributed by atoms with van der Waals surface area (Å²) in [5.74, 6) is 0.411. The molecule has 2 saturated carbocycles. The van der Waals surface area contributed by atoms with E-state index in [1.165, 1.54) is 25.7 Å². The summed E-state index contributed by atoms with van der Waals surface area (Å²) >= 11 is 0. The van der Waals surface area contributed by atoms with E-state index >= 15 is 0 Å². The third kappa shape index (κ3) is 3.37. The van der Waals surface area contributed by atoms with Crippen molar-refractivity contribution in [3.63, 3.8) is 0 Å². The highest BCUT2D eigenvalue weighted by atomic mass is 16.6. The Morgan fingerprint density at radius 1 is 1.39 bits per heavy atom. The van der Waals surface area contributed by atoms with E-state index in [-0.39, 0.29) is 12.1 Å². The predicted octanol–water partition coefficient (Wildman–Crippen LogP) is 2.42. The molecule has 0 saturated heterocycles. The van der Waals surface area contributed by atoms with Gasteiger partial charge in [0, 0.05) is 6.04 Å². The quantitative estimate of drug-likeness (QED) is 0.795. The maximum Gasteiger partial charge on any atom is 0.407 e. The molecule has 0 radical (unpaired) electrons. The lowest BCUT2D eigenvalue weighted by Crippen LogP contribution is -2.48. The van der Waals surface area contributed by atoms with Crippen molar-refractivity contribution in [2.75, 3.05) is 6.54 Å². The number of hydrogen-bond acceptors (Lipinski definition) is 3. The van der Waals surface area contributed by atoms with Crippen molar-refractivity contribution in [2.24, 2.45) is 17.1 Å². The zero-order chi connectivity index (χ0) is 13.4. The number of rotatable bonds is 2. The number of carbonyl (C=O) groups is 1. The van der Waals surface area contributed by atoms with Crippen LogP contribution < -0.4 is 11.1 Å². The summed E-state index contributed by atoms with van der Waals surface area (Å²) in [7, 11) is 0. The molecule has 2 aliphatic rings. The van der Waals surface area contributed by atoms with E-state index in [2.05, 4.69) is 5.32 Å². The van der Waals surface area contributed by atoms with Gasteiger partial charge in [0.2, 0.25) is 0 Å². The highest BCUT2D eigenvalue weighted by Gasteiger charge is 2.48. The van der Waals surface area contributed by atoms with Crippen molar-refractivity contribution in [1.82, 2.24) is 5.32 Å². The Labute approximate surface area is 110 Å². The molecule has 2 aliphatic carbocycles. The van der Waals surface area contributed by atoms with Crippen LogP contribution in [-0.2, 0) is 4.74 Å². The largest absolute Gasteiger partial charge is 0.444 e. The highest BCUT2D eigenvalue weighted by molar-refractivity contribution is 5.68. The van der Waals surface area contributed by atoms with E-state index in [1.807, 2.05) is 20.8 Å². The molecule has 0 aromatic carbocycles. The summed E-state index contributed by atoms with van der Waals surface area (Å²) in [4.78, 5) is 11.8. The van der Waals surface area contributed by atoms with Crippen LogP contribution in [0.5, 0.6) is 0 Å². The van der Waals surface area contributed by atoms with Gasteiger partial charge in [0.1, 0.15) is 5.60 Å². The number of nitrogens with two attached hydrogens (primary N) is 1. The Bertz CT molecular complexity index is 318. The minimum Gasteiger partial charge on any atom is -0.444 e. The fraction of sp³-hybridized carbons (Fsp3) is 0.929. The molecule has 104 valence electrons. The molecule has 1 amide bonds. The molecule has 0 bridgehead atoms. The Morgan fingerprint density at radius 2 is 2.06 bits per heavy atom. The van der Waals surface area contributed by atoms with Crippen LogP contribution in [0.4, 0.5) is 4.79 Å². The van der Waals surface area contributed by atoms with Crippen molar-refractivity contribution >= 4 is 6.09 Å². The number of ether oxygens (including phenoxy) is 1. The number of hydrogen-bond donors (Lipinski definition) is 2. The van der Waals surface area contributed by atoms with Crippen LogP contribution in [0.3, 0.4) is 0 Å². The van der Waals surface area contributed by atoms with Gasteiger partial charge >= 0.3 is 6.09 Å². The maximum atomic E-state index is 11.8. The third-order valence-corrected chi connectivity index (χ3v) is 4.21. The predicted molar refractivity (Wildman–Crippen MR) is 71.2 cm³/mol. The van der Waals surface area contributed by atoms with Gasteiger partial charge in [-0.25, -0.2) is 4.79 Å². The van der Waals surface area contributed by atoms with Crippen molar-refractivity contribution in [3.05, 3.63) is 0 Å². The first kappa shape index (κ1) is 13.7. The lowest BCUT2D eigenvalue weighted by atomic mass is 9.76. The van der Waals surface area contributed by atoms with Crippen LogP contribution in [-0.4, -0.2) is 24.3 Å². The molecule has 2 rings (SSSR count). The van der Waals surface area contributed by atoms with Gasteiger partial charge in [0.05, 0.1) is 0 Å². The van der Waals surface area contributed by atoms with Gasteiger partial charge in [0.15, 0.2) is 0 Å². The van der Waals surface area contributed by atoms with Crippen LogP contribution in [0.15, 0.2) is 0 Å². The first-order chi connectivity index (χ1) is 8.34. The van der Waals surface area contributed by atoms with Crippen LogP contribution in [0.2, 0.25) is 0 Å². The third-order valence-electron chi connectivity index (χ3n) is 4.21. The molecule has 18 heavy (non-hydrogen) atoms. The van der Waals surface area contributed by atoms with E-state index in [9.17, 15) is 4.79 Å². The molecule has 0 aromatic rings. The van der Waals surface area contributed by atoms with Crippen molar-refractivity contribution in [2.45, 2.75) is 64.5 Å². The van der Waals surface area contributed by atoms with Gasteiger partial charge in [-0.1, -0.05) is 0 Å². The fourth-order valence-corrected chi connectivity index (χ4v) is 3.03. The molecule has 0 heterocycles. The smallest absolute Gasteiger partial charge is 0.407 e. The number of amides is 1. The molecule has 2 atom stereocenters. The molecule has 3 N–H and O–H groups in total. The molecule has 1 spiro atoms. The van der Waals surface area contributed by atoms with E-state index in [0.29, 0.717) is 17.9 Å². The van der Waals surface area contributed by atoms with Crippen LogP contribution in [0, 0.1) is 11.3 Å². The molecular weight excluding hydrogens is 228 g/mol. The SMILES string of the molecule is CC(C)(C)OC(=O)NC1CCC2(CC2)CC1CN. The van der Waals surface area contributed by atoms with E-state index in [1.54, 1.807) is 0 Å². The van der Waals surface area contributed by atoms with Crippen molar-refractivity contribution < 1.29 is 9.53 Å². The Kier molecular flexibility index (Phi) is 3.58. The van der Waals surface area contributed by atoms with Crippen molar-refractivity contribution in [3.8, 4) is 0 Å². The maximum absolute atomic E-state index is 11.8. The molecule has 0 aromatic heterocycles. The molecule has 2 unspecified atom stereocenters. The normalized spacial score (nSPS) is 30.0. The Balaban J connectivity index is 1.86. The van der Waals surface area contributed by atoms with E-state index < -0.39 is 5.60 Å². The van der Waals surface area contributed by atoms with Gasteiger partial charge in [-0.05, 0) is 70.8 Å². The molecule has 2 fully saturated rings. The summed E-state index contributed by atoms with van der Waals surface area (Å²) in [6.45, 7) is 6.30. The second kappa shape index (κ2) is 4.72. The van der Waals surface area contributed by atoms with E-state index in [0.717, 1.165) is 6.42 Å². The lowest BCUT2D eigenvalue weighted by molar-refractivity contribution is 0.0453. The van der Waals surface area contributed by atoms with Crippen LogP contribution >= 0.6 is 0 Å². The number of nitrogens with one attached hydrogen (secondary N) is 1. The summed E-state index contributed by atoms with van der Waals surface area (Å²) in [5, 5.41) is 3.00. The molecule has 4 nitrogen and oxygen atoms in total. The average Bonchev–Trinajstić information content (AvgIpc) is 2.98. The van der Waals surface area contributed by atoms with Crippen molar-refractivity contribution in [1.29, 1.82) is 0 Å². The second-order valence-electron chi connectivity index (χ2n) is 6.99. The summed E-state index contributed by atoms with van der Waals surface area (Å²) < 4.78 is 5.31. The van der Waals surface area contributed by atoms with Gasteiger partial charge in [0.25, 0.3) is 0 Å². The Hall–Kier alpha value is -0.770. The lowest BCUT2D eigenvalue weighted by Gasteiger charge is -2.36.